The number of aryl methyl sites for hydroxylation is 1. The van der Waals surface area contributed by atoms with Crippen LogP contribution in [-0.4, -0.2) is 16.8 Å². The number of aliphatic hydroxyl groups is 1. The Morgan fingerprint density at radius 2 is 1.86 bits per heavy atom. The van der Waals surface area contributed by atoms with E-state index in [1.54, 1.807) is 24.3 Å². The van der Waals surface area contributed by atoms with E-state index in [1.165, 1.54) is 40.5 Å². The lowest BCUT2D eigenvalue weighted by molar-refractivity contribution is -0.132. The predicted molar refractivity (Wildman–Crippen MR) is 112 cm³/mol. The fourth-order valence-corrected chi connectivity index (χ4v) is 4.61. The van der Waals surface area contributed by atoms with Crippen LogP contribution >= 0.6 is 22.9 Å². The highest BCUT2D eigenvalue weighted by Gasteiger charge is 2.47. The second-order valence-corrected chi connectivity index (χ2v) is 8.01. The van der Waals surface area contributed by atoms with Crippen LogP contribution < -0.4 is 4.90 Å². The van der Waals surface area contributed by atoms with Gasteiger partial charge in [-0.15, -0.1) is 11.3 Å². The fourth-order valence-electron chi connectivity index (χ4n) is 3.40. The maximum absolute atomic E-state index is 13.3. The minimum Gasteiger partial charge on any atom is -0.507 e. The molecule has 1 fully saturated rings. The number of rotatable bonds is 3. The summed E-state index contributed by atoms with van der Waals surface area (Å²) >= 11 is 7.49. The number of hydrogen-bond acceptors (Lipinski definition) is 4. The quantitative estimate of drug-likeness (QED) is 0.342. The summed E-state index contributed by atoms with van der Waals surface area (Å²) in [7, 11) is 0. The van der Waals surface area contributed by atoms with Crippen molar-refractivity contribution in [3.63, 3.8) is 0 Å². The minimum absolute atomic E-state index is 0.0351. The zero-order chi connectivity index (χ0) is 20.7. The molecule has 1 saturated heterocycles. The first kappa shape index (κ1) is 19.4. The lowest BCUT2D eigenvalue weighted by Gasteiger charge is -2.25. The van der Waals surface area contributed by atoms with Crippen LogP contribution in [-0.2, 0) is 9.59 Å². The van der Waals surface area contributed by atoms with Crippen molar-refractivity contribution in [3.8, 4) is 0 Å². The summed E-state index contributed by atoms with van der Waals surface area (Å²) in [5, 5.41) is 13.2. The van der Waals surface area contributed by atoms with Crippen molar-refractivity contribution in [2.75, 3.05) is 4.90 Å². The van der Waals surface area contributed by atoms with E-state index in [1.807, 2.05) is 18.4 Å². The van der Waals surface area contributed by atoms with Gasteiger partial charge in [0.15, 0.2) is 0 Å². The van der Waals surface area contributed by atoms with Crippen LogP contribution in [0.15, 0.2) is 65.6 Å². The van der Waals surface area contributed by atoms with Crippen LogP contribution in [0.4, 0.5) is 10.1 Å². The number of nitrogens with zero attached hydrogens (tertiary/aromatic N) is 1. The Hall–Kier alpha value is -2.96. The van der Waals surface area contributed by atoms with E-state index in [9.17, 15) is 19.1 Å². The van der Waals surface area contributed by atoms with Crippen molar-refractivity contribution in [2.45, 2.75) is 13.0 Å². The smallest absolute Gasteiger partial charge is 0.300 e. The van der Waals surface area contributed by atoms with Gasteiger partial charge in [-0.25, -0.2) is 4.39 Å². The van der Waals surface area contributed by atoms with Gasteiger partial charge in [-0.1, -0.05) is 17.7 Å². The SMILES string of the molecule is Cc1ccsc1C1/C(=C(/O)c2ccc(F)cc2)C(=O)C(=O)N1c1cccc(Cl)c1. The summed E-state index contributed by atoms with van der Waals surface area (Å²) in [4.78, 5) is 28.0. The summed E-state index contributed by atoms with van der Waals surface area (Å²) in [6.45, 7) is 1.88. The van der Waals surface area contributed by atoms with Crippen LogP contribution in [0.25, 0.3) is 5.76 Å². The lowest BCUT2D eigenvalue weighted by Crippen LogP contribution is -2.29. The summed E-state index contributed by atoms with van der Waals surface area (Å²) in [6.07, 6.45) is 0. The van der Waals surface area contributed by atoms with Crippen molar-refractivity contribution in [3.05, 3.63) is 92.4 Å². The molecule has 0 aliphatic carbocycles. The van der Waals surface area contributed by atoms with Crippen molar-refractivity contribution in [1.82, 2.24) is 0 Å². The molecule has 4 nitrogen and oxygen atoms in total. The van der Waals surface area contributed by atoms with Gasteiger partial charge in [-0.05, 0) is 66.4 Å². The monoisotopic (exact) mass is 427 g/mol. The number of ketones is 1. The largest absolute Gasteiger partial charge is 0.507 e. The van der Waals surface area contributed by atoms with Crippen molar-refractivity contribution >= 4 is 46.1 Å². The van der Waals surface area contributed by atoms with Crippen molar-refractivity contribution < 1.29 is 19.1 Å². The van der Waals surface area contributed by atoms with Gasteiger partial charge in [0.05, 0.1) is 5.57 Å². The van der Waals surface area contributed by atoms with Crippen molar-refractivity contribution in [1.29, 1.82) is 0 Å². The molecule has 0 saturated carbocycles. The van der Waals surface area contributed by atoms with Gasteiger partial charge < -0.3 is 5.11 Å². The molecule has 0 bridgehead atoms. The molecule has 2 heterocycles. The average Bonchev–Trinajstić information content (AvgIpc) is 3.23. The van der Waals surface area contributed by atoms with Crippen LogP contribution in [0.3, 0.4) is 0 Å². The van der Waals surface area contributed by atoms with Gasteiger partial charge in [0, 0.05) is 21.2 Å². The Kier molecular flexibility index (Phi) is 4.98. The van der Waals surface area contributed by atoms with Gasteiger partial charge in [0.25, 0.3) is 11.7 Å². The maximum Gasteiger partial charge on any atom is 0.300 e. The standard InChI is InChI=1S/C22H15ClFNO3S/c1-12-9-10-29-21(12)18-17(19(26)13-5-7-15(24)8-6-13)20(27)22(28)25(18)16-4-2-3-14(23)11-16/h2-11,18,26H,1H3/b19-17-. The number of hydrogen-bond donors (Lipinski definition) is 1. The molecule has 1 aromatic heterocycles. The number of anilines is 1. The molecule has 2 aromatic carbocycles. The number of thiophene rings is 1. The Morgan fingerprint density at radius 3 is 2.48 bits per heavy atom. The normalized spacial score (nSPS) is 18.4. The van der Waals surface area contributed by atoms with E-state index >= 15 is 0 Å². The first-order valence-electron chi connectivity index (χ1n) is 8.75. The minimum atomic E-state index is -0.807. The average molecular weight is 428 g/mol. The molecular formula is C22H15ClFNO3S. The number of Topliss-reactive ketones (excluding diaryl/α,β-unsaturated/α-hetero) is 1. The highest BCUT2D eigenvalue weighted by atomic mass is 35.5. The zero-order valence-electron chi connectivity index (χ0n) is 15.2. The molecule has 1 aliphatic rings. The number of aliphatic hydroxyl groups excluding tert-OH is 1. The third-order valence-electron chi connectivity index (χ3n) is 4.80. The van der Waals surface area contributed by atoms with Crippen molar-refractivity contribution in [2.24, 2.45) is 0 Å². The second-order valence-electron chi connectivity index (χ2n) is 6.62. The van der Waals surface area contributed by atoms with E-state index in [0.29, 0.717) is 10.7 Å². The number of benzene rings is 2. The topological polar surface area (TPSA) is 57.6 Å². The molecule has 1 amide bonds. The van der Waals surface area contributed by atoms with E-state index < -0.39 is 23.5 Å². The molecule has 1 unspecified atom stereocenters. The van der Waals surface area contributed by atoms with Gasteiger partial charge in [0.1, 0.15) is 17.6 Å². The van der Waals surface area contributed by atoms with E-state index in [0.717, 1.165) is 10.4 Å². The maximum atomic E-state index is 13.3. The summed E-state index contributed by atoms with van der Waals surface area (Å²) in [5.41, 5.74) is 1.57. The molecule has 7 heteroatoms. The summed E-state index contributed by atoms with van der Waals surface area (Å²) < 4.78 is 13.3. The highest BCUT2D eigenvalue weighted by Crippen LogP contribution is 2.45. The molecule has 0 spiro atoms. The Labute approximate surface area is 175 Å². The molecule has 1 atom stereocenters. The van der Waals surface area contributed by atoms with Crippen LogP contribution in [0.2, 0.25) is 5.02 Å². The molecule has 29 heavy (non-hydrogen) atoms. The third-order valence-corrected chi connectivity index (χ3v) is 6.10. The molecule has 146 valence electrons. The molecule has 4 rings (SSSR count). The van der Waals surface area contributed by atoms with Gasteiger partial charge >= 0.3 is 0 Å². The molecule has 0 radical (unpaired) electrons. The van der Waals surface area contributed by atoms with Crippen LogP contribution in [0.5, 0.6) is 0 Å². The number of amides is 1. The summed E-state index contributed by atoms with van der Waals surface area (Å²) in [6, 6.07) is 12.8. The molecular weight excluding hydrogens is 413 g/mol. The second kappa shape index (κ2) is 7.46. The highest BCUT2D eigenvalue weighted by molar-refractivity contribution is 7.10. The van der Waals surface area contributed by atoms with E-state index in [-0.39, 0.29) is 16.9 Å². The van der Waals surface area contributed by atoms with E-state index in [4.69, 9.17) is 11.6 Å². The van der Waals surface area contributed by atoms with Gasteiger partial charge in [-0.3, -0.25) is 14.5 Å². The molecule has 1 N–H and O–H groups in total. The Morgan fingerprint density at radius 1 is 1.14 bits per heavy atom. The number of carbonyl (C=O) groups excluding carboxylic acids is 2. The summed E-state index contributed by atoms with van der Waals surface area (Å²) in [5.74, 6) is -2.37. The van der Waals surface area contributed by atoms with E-state index in [2.05, 4.69) is 0 Å². The first-order valence-corrected chi connectivity index (χ1v) is 10.0. The number of carbonyl (C=O) groups is 2. The molecule has 3 aromatic rings. The van der Waals surface area contributed by atoms with Crippen LogP contribution in [0, 0.1) is 12.7 Å². The fraction of sp³-hybridized carbons (Fsp3) is 0.0909. The third kappa shape index (κ3) is 3.34. The first-order chi connectivity index (χ1) is 13.9. The molecule has 1 aliphatic heterocycles. The number of halogens is 2. The predicted octanol–water partition coefficient (Wildman–Crippen LogP) is 5.48. The Balaban J connectivity index is 1.96. The lowest BCUT2D eigenvalue weighted by atomic mass is 9.98. The van der Waals surface area contributed by atoms with Gasteiger partial charge in [0.2, 0.25) is 0 Å². The Bertz CT molecular complexity index is 1150. The zero-order valence-corrected chi connectivity index (χ0v) is 16.8. The van der Waals surface area contributed by atoms with Gasteiger partial charge in [-0.2, -0.15) is 0 Å². The van der Waals surface area contributed by atoms with Crippen LogP contribution in [0.1, 0.15) is 22.0 Å².